The molecule has 0 spiro atoms. The summed E-state index contributed by atoms with van der Waals surface area (Å²) in [4.78, 5) is 14.0. The van der Waals surface area contributed by atoms with Gasteiger partial charge in [0.2, 0.25) is 0 Å². The molecular weight excluding hydrogens is 248 g/mol. The first-order valence-corrected chi connectivity index (χ1v) is 6.27. The number of nitrogens with zero attached hydrogens (tertiary/aromatic N) is 2. The molecule has 6 heteroatoms. The minimum Gasteiger partial charge on any atom is -0.395 e. The van der Waals surface area contributed by atoms with Crippen molar-refractivity contribution >= 4 is 5.91 Å². The van der Waals surface area contributed by atoms with Gasteiger partial charge in [-0.1, -0.05) is 0 Å². The third kappa shape index (κ3) is 4.66. The summed E-state index contributed by atoms with van der Waals surface area (Å²) in [6.45, 7) is 2.33. The molecule has 0 aromatic carbocycles. The van der Waals surface area contributed by atoms with Crippen LogP contribution in [-0.4, -0.2) is 67.6 Å². The van der Waals surface area contributed by atoms with Gasteiger partial charge in [-0.3, -0.25) is 4.79 Å². The van der Waals surface area contributed by atoms with Crippen LogP contribution >= 0.6 is 0 Å². The third-order valence-electron chi connectivity index (χ3n) is 2.81. The second-order valence-corrected chi connectivity index (χ2v) is 4.09. The van der Waals surface area contributed by atoms with Crippen molar-refractivity contribution in [3.8, 4) is 0 Å². The molecule has 0 bridgehead atoms. The molecule has 0 aliphatic heterocycles. The summed E-state index contributed by atoms with van der Waals surface area (Å²) < 4.78 is 11.8. The van der Waals surface area contributed by atoms with Crippen molar-refractivity contribution in [1.29, 1.82) is 0 Å². The number of aromatic nitrogens is 1. The fourth-order valence-corrected chi connectivity index (χ4v) is 1.79. The van der Waals surface area contributed by atoms with Gasteiger partial charge in [-0.05, 0) is 12.1 Å². The zero-order valence-corrected chi connectivity index (χ0v) is 11.5. The highest BCUT2D eigenvalue weighted by Crippen LogP contribution is 2.07. The van der Waals surface area contributed by atoms with Gasteiger partial charge in [0, 0.05) is 40.1 Å². The fraction of sp³-hybridized carbons (Fsp3) is 0.615. The Kier molecular flexibility index (Phi) is 7.17. The molecule has 108 valence electrons. The summed E-state index contributed by atoms with van der Waals surface area (Å²) in [5, 5.41) is 9.03. The average Bonchev–Trinajstić information content (AvgIpc) is 2.88. The summed E-state index contributed by atoms with van der Waals surface area (Å²) in [6, 6.07) is 3.60. The van der Waals surface area contributed by atoms with Gasteiger partial charge in [0.15, 0.2) is 0 Å². The van der Waals surface area contributed by atoms with E-state index in [1.807, 2.05) is 16.8 Å². The normalized spacial score (nSPS) is 10.7. The first-order chi connectivity index (χ1) is 9.24. The van der Waals surface area contributed by atoms with Gasteiger partial charge in [-0.15, -0.1) is 0 Å². The highest BCUT2D eigenvalue weighted by atomic mass is 16.5. The van der Waals surface area contributed by atoms with Crippen LogP contribution in [0, 0.1) is 0 Å². The van der Waals surface area contributed by atoms with Crippen LogP contribution in [0.4, 0.5) is 0 Å². The zero-order chi connectivity index (χ0) is 14.1. The number of aliphatic hydroxyl groups is 1. The lowest BCUT2D eigenvalue weighted by Gasteiger charge is -2.22. The maximum Gasteiger partial charge on any atom is 0.270 e. The Morgan fingerprint density at radius 1 is 1.32 bits per heavy atom. The highest BCUT2D eigenvalue weighted by Gasteiger charge is 2.18. The first-order valence-electron chi connectivity index (χ1n) is 6.27. The molecule has 1 rings (SSSR count). The largest absolute Gasteiger partial charge is 0.395 e. The topological polar surface area (TPSA) is 63.9 Å². The van der Waals surface area contributed by atoms with E-state index < -0.39 is 0 Å². The number of aliphatic hydroxyl groups excluding tert-OH is 1. The van der Waals surface area contributed by atoms with Crippen molar-refractivity contribution < 1.29 is 19.4 Å². The van der Waals surface area contributed by atoms with Crippen molar-refractivity contribution in [1.82, 2.24) is 9.47 Å². The van der Waals surface area contributed by atoms with Crippen LogP contribution < -0.4 is 0 Å². The lowest BCUT2D eigenvalue weighted by molar-refractivity contribution is 0.0644. The molecule has 0 radical (unpaired) electrons. The summed E-state index contributed by atoms with van der Waals surface area (Å²) >= 11 is 0. The molecule has 6 nitrogen and oxygen atoms in total. The molecule has 0 saturated heterocycles. The molecule has 0 saturated carbocycles. The highest BCUT2D eigenvalue weighted by molar-refractivity contribution is 5.92. The van der Waals surface area contributed by atoms with E-state index in [4.69, 9.17) is 14.6 Å². The molecule has 0 aliphatic rings. The van der Waals surface area contributed by atoms with Crippen molar-refractivity contribution in [2.24, 2.45) is 0 Å². The quantitative estimate of drug-likeness (QED) is 0.697. The zero-order valence-electron chi connectivity index (χ0n) is 11.5. The van der Waals surface area contributed by atoms with E-state index in [0.717, 1.165) is 0 Å². The molecule has 0 atom stereocenters. The molecule has 1 aromatic heterocycles. The molecular formula is C13H22N2O4. The number of rotatable bonds is 9. The molecule has 19 heavy (non-hydrogen) atoms. The van der Waals surface area contributed by atoms with E-state index in [-0.39, 0.29) is 12.5 Å². The second-order valence-electron chi connectivity index (χ2n) is 4.09. The number of carbonyl (C=O) groups is 1. The Morgan fingerprint density at radius 3 is 2.68 bits per heavy atom. The molecule has 1 heterocycles. The first kappa shape index (κ1) is 15.7. The van der Waals surface area contributed by atoms with Crippen LogP contribution in [0.1, 0.15) is 10.5 Å². The van der Waals surface area contributed by atoms with Crippen LogP contribution in [0.5, 0.6) is 0 Å². The van der Waals surface area contributed by atoms with Crippen LogP contribution in [0.3, 0.4) is 0 Å². The SMILES string of the molecule is COCCN(CCO)C(=O)c1cccn1CCOC. The van der Waals surface area contributed by atoms with Crippen LogP contribution in [0.25, 0.3) is 0 Å². The van der Waals surface area contributed by atoms with E-state index in [2.05, 4.69) is 0 Å². The number of hydrogen-bond acceptors (Lipinski definition) is 4. The molecule has 0 fully saturated rings. The molecule has 1 aromatic rings. The second kappa shape index (κ2) is 8.68. The third-order valence-corrected chi connectivity index (χ3v) is 2.81. The number of carbonyl (C=O) groups excluding carboxylic acids is 1. The van der Waals surface area contributed by atoms with E-state index in [1.54, 1.807) is 25.2 Å². The van der Waals surface area contributed by atoms with Crippen molar-refractivity contribution in [2.75, 3.05) is 47.1 Å². The predicted molar refractivity (Wildman–Crippen MR) is 71.2 cm³/mol. The molecule has 1 amide bonds. The van der Waals surface area contributed by atoms with Crippen LogP contribution in [0.15, 0.2) is 18.3 Å². The Balaban J connectivity index is 2.74. The van der Waals surface area contributed by atoms with Gasteiger partial charge in [0.25, 0.3) is 5.91 Å². The maximum absolute atomic E-state index is 12.4. The van der Waals surface area contributed by atoms with E-state index >= 15 is 0 Å². The lowest BCUT2D eigenvalue weighted by atomic mass is 10.3. The van der Waals surface area contributed by atoms with Crippen LogP contribution in [0.2, 0.25) is 0 Å². The number of methoxy groups -OCH3 is 2. The van der Waals surface area contributed by atoms with Gasteiger partial charge in [0.1, 0.15) is 5.69 Å². The van der Waals surface area contributed by atoms with Gasteiger partial charge in [0.05, 0.1) is 19.8 Å². The summed E-state index contributed by atoms with van der Waals surface area (Å²) in [6.07, 6.45) is 1.85. The summed E-state index contributed by atoms with van der Waals surface area (Å²) in [7, 11) is 3.21. The van der Waals surface area contributed by atoms with E-state index in [1.165, 1.54) is 0 Å². The minimum atomic E-state index is -0.104. The maximum atomic E-state index is 12.4. The molecule has 1 N–H and O–H groups in total. The Labute approximate surface area is 113 Å². The van der Waals surface area contributed by atoms with Gasteiger partial charge in [-0.2, -0.15) is 0 Å². The Morgan fingerprint density at radius 2 is 2.05 bits per heavy atom. The van der Waals surface area contributed by atoms with Crippen molar-refractivity contribution in [3.05, 3.63) is 24.0 Å². The Bertz CT molecular complexity index is 378. The molecule has 0 aliphatic carbocycles. The van der Waals surface area contributed by atoms with E-state index in [0.29, 0.717) is 38.5 Å². The average molecular weight is 270 g/mol. The number of ether oxygens (including phenoxy) is 2. The van der Waals surface area contributed by atoms with Crippen molar-refractivity contribution in [2.45, 2.75) is 6.54 Å². The minimum absolute atomic E-state index is 0.0613. The summed E-state index contributed by atoms with van der Waals surface area (Å²) in [5.41, 5.74) is 0.599. The fourth-order valence-electron chi connectivity index (χ4n) is 1.79. The number of hydrogen-bond donors (Lipinski definition) is 1. The lowest BCUT2D eigenvalue weighted by Crippen LogP contribution is -2.37. The Hall–Kier alpha value is -1.37. The molecule has 0 unspecified atom stereocenters. The number of amides is 1. The van der Waals surface area contributed by atoms with Gasteiger partial charge < -0.3 is 24.0 Å². The monoisotopic (exact) mass is 270 g/mol. The van der Waals surface area contributed by atoms with Crippen LogP contribution in [-0.2, 0) is 16.0 Å². The predicted octanol–water partition coefficient (Wildman–Crippen LogP) is 0.215. The van der Waals surface area contributed by atoms with Gasteiger partial charge in [-0.25, -0.2) is 0 Å². The van der Waals surface area contributed by atoms with E-state index in [9.17, 15) is 4.79 Å². The standard InChI is InChI=1S/C13H22N2O4/c1-18-10-7-14-5-3-4-12(14)13(17)15(6-9-16)8-11-19-2/h3-5,16H,6-11H2,1-2H3. The summed E-state index contributed by atoms with van der Waals surface area (Å²) in [5.74, 6) is -0.104. The smallest absolute Gasteiger partial charge is 0.270 e. The van der Waals surface area contributed by atoms with Crippen molar-refractivity contribution in [3.63, 3.8) is 0 Å². The van der Waals surface area contributed by atoms with Gasteiger partial charge >= 0.3 is 0 Å².